The molecular formula is C8H18N8O8S. The third-order valence-electron chi connectivity index (χ3n) is 2.14. The topological polar surface area (TPSA) is 309 Å². The lowest BCUT2D eigenvalue weighted by molar-refractivity contribution is -0.0126. The zero-order valence-corrected chi connectivity index (χ0v) is 13.1. The molecule has 0 aromatic rings. The van der Waals surface area contributed by atoms with Gasteiger partial charge in [0.25, 0.3) is 0 Å². The van der Waals surface area contributed by atoms with Gasteiger partial charge in [-0.25, -0.2) is 20.0 Å². The summed E-state index contributed by atoms with van der Waals surface area (Å²) in [5, 5.41) is 35.7. The Labute approximate surface area is 140 Å². The highest BCUT2D eigenvalue weighted by Gasteiger charge is 2.32. The van der Waals surface area contributed by atoms with Crippen LogP contribution in [0.1, 0.15) is 0 Å². The first-order valence-corrected chi connectivity index (χ1v) is 7.30. The summed E-state index contributed by atoms with van der Waals surface area (Å²) >= 11 is 0. The predicted octanol–water partition coefficient (Wildman–Crippen LogP) is -5.95. The van der Waals surface area contributed by atoms with E-state index >= 15 is 0 Å². The van der Waals surface area contributed by atoms with Crippen LogP contribution in [-0.4, -0.2) is 86.2 Å². The van der Waals surface area contributed by atoms with Crippen molar-refractivity contribution in [1.82, 2.24) is 0 Å². The van der Waals surface area contributed by atoms with Crippen LogP contribution in [0.25, 0.3) is 0 Å². The fraction of sp³-hybridized carbons (Fsp3) is 0.500. The van der Waals surface area contributed by atoms with Crippen LogP contribution in [-0.2, 0) is 10.4 Å². The number of aliphatic hydroxyl groups is 4. The van der Waals surface area contributed by atoms with Crippen molar-refractivity contribution < 1.29 is 37.9 Å². The molecule has 0 saturated carbocycles. The molecule has 16 nitrogen and oxygen atoms in total. The van der Waals surface area contributed by atoms with Gasteiger partial charge in [-0.05, 0) is 0 Å². The first kappa shape index (κ1) is 22.9. The summed E-state index contributed by atoms with van der Waals surface area (Å²) in [7, 11) is -4.67. The van der Waals surface area contributed by atoms with Gasteiger partial charge in [-0.15, -0.1) is 0 Å². The Kier molecular flexibility index (Phi) is 7.63. The molecule has 25 heavy (non-hydrogen) atoms. The average Bonchev–Trinajstić information content (AvgIpc) is 2.39. The number of nitrogens with zero attached hydrogens (tertiary/aromatic N) is 4. The highest BCUT2D eigenvalue weighted by molar-refractivity contribution is 7.79. The monoisotopic (exact) mass is 386 g/mol. The normalized spacial score (nSPS) is 33.9. The van der Waals surface area contributed by atoms with Gasteiger partial charge < -0.3 is 31.9 Å². The smallest absolute Gasteiger partial charge is 0.368 e. The molecule has 2 rings (SSSR count). The summed E-state index contributed by atoms with van der Waals surface area (Å²) in [4.78, 5) is 13.4. The van der Waals surface area contributed by atoms with Crippen molar-refractivity contribution >= 4 is 34.7 Å². The van der Waals surface area contributed by atoms with E-state index in [2.05, 4.69) is 20.0 Å². The van der Waals surface area contributed by atoms with E-state index < -0.39 is 34.3 Å². The molecule has 0 radical (unpaired) electrons. The second-order valence-electron chi connectivity index (χ2n) is 4.46. The molecule has 2 heterocycles. The Morgan fingerprint density at radius 1 is 0.880 bits per heavy atom. The van der Waals surface area contributed by atoms with Crippen LogP contribution in [0, 0.1) is 0 Å². The number of aliphatic hydroxyl groups excluding tert-OH is 2. The fourth-order valence-electron chi connectivity index (χ4n) is 0.996. The molecule has 0 saturated heterocycles. The summed E-state index contributed by atoms with van der Waals surface area (Å²) in [6.07, 6.45) is -0.963. The zero-order valence-electron chi connectivity index (χ0n) is 12.3. The maximum absolute atomic E-state index is 8.98. The molecule has 0 amide bonds. The zero-order chi connectivity index (χ0) is 20.1. The first-order valence-electron chi connectivity index (χ1n) is 5.90. The van der Waals surface area contributed by atoms with Crippen molar-refractivity contribution in [2.24, 2.45) is 42.9 Å². The molecule has 17 heteroatoms. The molecule has 2 aliphatic heterocycles. The van der Waals surface area contributed by atoms with Crippen LogP contribution in [0.3, 0.4) is 0 Å². The number of rotatable bonds is 0. The number of guanidine groups is 2. The molecule has 0 aromatic carbocycles. The molecule has 0 bridgehead atoms. The number of nitrogens with two attached hydrogens (primary N) is 4. The van der Waals surface area contributed by atoms with Crippen molar-refractivity contribution in [2.45, 2.75) is 23.9 Å². The van der Waals surface area contributed by atoms with E-state index in [-0.39, 0.29) is 11.9 Å². The van der Waals surface area contributed by atoms with E-state index in [0.29, 0.717) is 0 Å². The van der Waals surface area contributed by atoms with Crippen molar-refractivity contribution in [3.05, 3.63) is 0 Å². The molecule has 14 N–H and O–H groups in total. The third kappa shape index (κ3) is 9.71. The van der Waals surface area contributed by atoms with Crippen molar-refractivity contribution in [1.29, 1.82) is 0 Å². The molecule has 0 aliphatic carbocycles. The molecule has 4 unspecified atom stereocenters. The van der Waals surface area contributed by atoms with Gasteiger partial charge >= 0.3 is 10.4 Å². The molecule has 0 aromatic heterocycles. The van der Waals surface area contributed by atoms with Gasteiger partial charge in [0.2, 0.25) is 11.9 Å². The summed E-state index contributed by atoms with van der Waals surface area (Å²) in [6, 6.07) is 0. The van der Waals surface area contributed by atoms with E-state index in [4.69, 9.17) is 60.9 Å². The molecule has 2 aliphatic rings. The summed E-state index contributed by atoms with van der Waals surface area (Å²) < 4.78 is 31.6. The number of hydrogen-bond donors (Lipinski definition) is 10. The minimum absolute atomic E-state index is 0.0948. The largest absolute Gasteiger partial charge is 0.394 e. The Morgan fingerprint density at radius 3 is 1.28 bits per heavy atom. The quantitative estimate of drug-likeness (QED) is 0.137. The van der Waals surface area contributed by atoms with Crippen LogP contribution in [0.5, 0.6) is 0 Å². The van der Waals surface area contributed by atoms with Gasteiger partial charge in [-0.1, -0.05) is 0 Å². The Bertz CT molecular complexity index is 632. The molecule has 144 valence electrons. The summed E-state index contributed by atoms with van der Waals surface area (Å²) in [5.74, 6) is -0.190. The molecule has 4 atom stereocenters. The highest BCUT2D eigenvalue weighted by Crippen LogP contribution is 2.06. The van der Waals surface area contributed by atoms with Gasteiger partial charge in [0.05, 0.1) is 12.4 Å². The SMILES string of the molecule is NC1=NC(O)C(N)(O)C=N1.NC1=NC(O)C(N)(O)C=N1.O=S(=O)(O)O. The van der Waals surface area contributed by atoms with Crippen LogP contribution in [0.15, 0.2) is 20.0 Å². The van der Waals surface area contributed by atoms with Crippen molar-refractivity contribution in [3.63, 3.8) is 0 Å². The van der Waals surface area contributed by atoms with Gasteiger partial charge in [0, 0.05) is 0 Å². The van der Waals surface area contributed by atoms with E-state index in [1.54, 1.807) is 0 Å². The van der Waals surface area contributed by atoms with Crippen molar-refractivity contribution in [3.8, 4) is 0 Å². The predicted molar refractivity (Wildman–Crippen MR) is 84.7 cm³/mol. The first-order chi connectivity index (χ1) is 11.0. The van der Waals surface area contributed by atoms with Gasteiger partial charge in [-0.2, -0.15) is 8.42 Å². The lowest BCUT2D eigenvalue weighted by atomic mass is 10.2. The third-order valence-corrected chi connectivity index (χ3v) is 2.14. The molecule has 0 spiro atoms. The maximum atomic E-state index is 8.98. The van der Waals surface area contributed by atoms with E-state index in [0.717, 1.165) is 12.4 Å². The minimum Gasteiger partial charge on any atom is -0.368 e. The van der Waals surface area contributed by atoms with Gasteiger partial charge in [-0.3, -0.25) is 20.6 Å². The van der Waals surface area contributed by atoms with E-state index in [1.807, 2.05) is 0 Å². The molecule has 0 fully saturated rings. The Hall–Kier alpha value is -2.09. The highest BCUT2D eigenvalue weighted by atomic mass is 32.3. The van der Waals surface area contributed by atoms with E-state index in [9.17, 15) is 0 Å². The van der Waals surface area contributed by atoms with Gasteiger partial charge in [0.1, 0.15) is 0 Å². The lowest BCUT2D eigenvalue weighted by Crippen LogP contribution is -2.54. The number of aliphatic imine (C=N–C) groups is 4. The molecular weight excluding hydrogens is 368 g/mol. The van der Waals surface area contributed by atoms with E-state index in [1.165, 1.54) is 0 Å². The Morgan fingerprint density at radius 2 is 1.12 bits per heavy atom. The fourth-order valence-corrected chi connectivity index (χ4v) is 0.996. The second-order valence-corrected chi connectivity index (χ2v) is 5.36. The minimum atomic E-state index is -4.67. The number of hydrogen-bond acceptors (Lipinski definition) is 14. The van der Waals surface area contributed by atoms with Gasteiger partial charge in [0.15, 0.2) is 23.9 Å². The van der Waals surface area contributed by atoms with Crippen LogP contribution >= 0.6 is 0 Å². The average molecular weight is 386 g/mol. The van der Waals surface area contributed by atoms with Crippen molar-refractivity contribution in [2.75, 3.05) is 0 Å². The maximum Gasteiger partial charge on any atom is 0.394 e. The van der Waals surface area contributed by atoms with Crippen LogP contribution in [0.4, 0.5) is 0 Å². The lowest BCUT2D eigenvalue weighted by Gasteiger charge is -2.23. The van der Waals surface area contributed by atoms with Crippen LogP contribution in [0.2, 0.25) is 0 Å². The van der Waals surface area contributed by atoms with Crippen LogP contribution < -0.4 is 22.9 Å². The summed E-state index contributed by atoms with van der Waals surface area (Å²) in [6.45, 7) is 0. The standard InChI is InChI=1S/2C4H8N4O2.H2O4S/c2*5-3-7-1-4(6,10)2(9)8-3;1-5(2,3)4/h2*1-2,9-10H,6H2,(H2,5,8);(H2,1,2,3,4). The Balaban J connectivity index is 0.000000368. The summed E-state index contributed by atoms with van der Waals surface area (Å²) in [5.41, 5.74) is 16.5. The second kappa shape index (κ2) is 8.33.